The highest BCUT2D eigenvalue weighted by Gasteiger charge is 2.08. The van der Waals surface area contributed by atoms with Gasteiger partial charge in [0.1, 0.15) is 5.75 Å². The number of nitrogens with one attached hydrogen (secondary N) is 3. The summed E-state index contributed by atoms with van der Waals surface area (Å²) in [5.41, 5.74) is 1.92. The van der Waals surface area contributed by atoms with E-state index in [4.69, 9.17) is 4.74 Å². The van der Waals surface area contributed by atoms with Gasteiger partial charge < -0.3 is 15.0 Å². The Morgan fingerprint density at radius 2 is 2.05 bits per heavy atom. The van der Waals surface area contributed by atoms with Crippen molar-refractivity contribution in [2.75, 3.05) is 7.11 Å². The predicted molar refractivity (Wildman–Crippen MR) is 80.9 cm³/mol. The summed E-state index contributed by atoms with van der Waals surface area (Å²) in [4.78, 5) is 32.4. The molecule has 0 aliphatic heterocycles. The monoisotopic (exact) mass is 298 g/mol. The van der Waals surface area contributed by atoms with Crippen LogP contribution in [0.5, 0.6) is 5.75 Å². The minimum atomic E-state index is -0.349. The van der Waals surface area contributed by atoms with Gasteiger partial charge in [-0.1, -0.05) is 12.1 Å². The lowest BCUT2D eigenvalue weighted by molar-refractivity contribution is 0.0950. The number of aromatic nitrogens is 3. The molecule has 7 nitrogen and oxygen atoms in total. The molecule has 0 atom stereocenters. The van der Waals surface area contributed by atoms with Crippen molar-refractivity contribution in [3.63, 3.8) is 0 Å². The molecule has 2 heterocycles. The fourth-order valence-corrected chi connectivity index (χ4v) is 2.07. The maximum absolute atomic E-state index is 12.1. The fourth-order valence-electron chi connectivity index (χ4n) is 2.07. The number of carbonyl (C=O) groups excluding carboxylic acids is 1. The number of ether oxygens (including phenoxy) is 1. The molecule has 0 saturated heterocycles. The first-order valence-electron chi connectivity index (χ1n) is 6.65. The summed E-state index contributed by atoms with van der Waals surface area (Å²) in [5.74, 6) is 0.508. The summed E-state index contributed by atoms with van der Waals surface area (Å²) < 4.78 is 5.08. The van der Waals surface area contributed by atoms with E-state index >= 15 is 0 Å². The number of pyridine rings is 1. The van der Waals surface area contributed by atoms with Crippen LogP contribution in [0.25, 0.3) is 11.2 Å². The maximum Gasteiger partial charge on any atom is 0.325 e. The molecule has 112 valence electrons. The van der Waals surface area contributed by atoms with Gasteiger partial charge in [0.25, 0.3) is 5.91 Å². The Morgan fingerprint density at radius 1 is 1.27 bits per heavy atom. The fraction of sp³-hybridized carbons (Fsp3) is 0.133. The second-order valence-electron chi connectivity index (χ2n) is 4.73. The van der Waals surface area contributed by atoms with Gasteiger partial charge in [-0.05, 0) is 23.8 Å². The van der Waals surface area contributed by atoms with E-state index < -0.39 is 0 Å². The van der Waals surface area contributed by atoms with Gasteiger partial charge in [-0.2, -0.15) is 0 Å². The molecule has 2 aromatic heterocycles. The molecule has 0 unspecified atom stereocenters. The van der Waals surface area contributed by atoms with E-state index in [9.17, 15) is 9.59 Å². The number of benzene rings is 1. The Labute approximate surface area is 125 Å². The quantitative estimate of drug-likeness (QED) is 0.673. The lowest BCUT2D eigenvalue weighted by Crippen LogP contribution is -2.22. The predicted octanol–water partition coefficient (Wildman–Crippen LogP) is 1.19. The molecule has 0 aliphatic carbocycles. The molecule has 0 bridgehead atoms. The first-order chi connectivity index (χ1) is 10.7. The molecular formula is C15H14N4O3. The number of carbonyl (C=O) groups is 1. The normalized spacial score (nSPS) is 10.6. The van der Waals surface area contributed by atoms with Crippen molar-refractivity contribution in [2.24, 2.45) is 0 Å². The molecule has 0 aliphatic rings. The molecule has 3 aromatic rings. The van der Waals surface area contributed by atoms with Crippen LogP contribution in [0.15, 0.2) is 41.3 Å². The third kappa shape index (κ3) is 2.83. The van der Waals surface area contributed by atoms with Crippen molar-refractivity contribution >= 4 is 17.1 Å². The van der Waals surface area contributed by atoms with Gasteiger partial charge in [0.05, 0.1) is 18.2 Å². The number of H-pyrrole nitrogens is 2. The van der Waals surface area contributed by atoms with Gasteiger partial charge >= 0.3 is 5.69 Å². The Hall–Kier alpha value is -3.09. The maximum atomic E-state index is 12.1. The summed E-state index contributed by atoms with van der Waals surface area (Å²) in [6, 6.07) is 9.01. The third-order valence-electron chi connectivity index (χ3n) is 3.24. The van der Waals surface area contributed by atoms with Crippen LogP contribution < -0.4 is 15.7 Å². The Bertz CT molecular complexity index is 864. The van der Waals surface area contributed by atoms with Crippen LogP contribution in [0.1, 0.15) is 15.9 Å². The van der Waals surface area contributed by atoms with Gasteiger partial charge in [0.15, 0.2) is 5.65 Å². The highest BCUT2D eigenvalue weighted by molar-refractivity contribution is 5.96. The topological polar surface area (TPSA) is 99.9 Å². The van der Waals surface area contributed by atoms with Gasteiger partial charge in [-0.15, -0.1) is 0 Å². The average Bonchev–Trinajstić information content (AvgIpc) is 2.92. The standard InChI is InChI=1S/C15H14N4O3/c1-22-11-4-2-9(3-5-11)7-17-14(20)10-6-12-13(16-8-10)19-15(21)18-12/h2-6,8H,7H2,1H3,(H,17,20)(H2,16,18,19,21). The highest BCUT2D eigenvalue weighted by Crippen LogP contribution is 2.11. The van der Waals surface area contributed by atoms with Crippen LogP contribution >= 0.6 is 0 Å². The molecule has 1 aromatic carbocycles. The van der Waals surface area contributed by atoms with E-state index in [1.165, 1.54) is 6.20 Å². The number of amides is 1. The number of aromatic amines is 2. The van der Waals surface area contributed by atoms with Crippen LogP contribution in [-0.4, -0.2) is 28.0 Å². The van der Waals surface area contributed by atoms with Gasteiger partial charge in [0, 0.05) is 12.7 Å². The van der Waals surface area contributed by atoms with E-state index in [0.717, 1.165) is 11.3 Å². The number of nitrogens with zero attached hydrogens (tertiary/aromatic N) is 1. The number of fused-ring (bicyclic) bond motifs is 1. The van der Waals surface area contributed by atoms with Gasteiger partial charge in [-0.25, -0.2) is 9.78 Å². The minimum Gasteiger partial charge on any atom is -0.497 e. The number of methoxy groups -OCH3 is 1. The number of imidazole rings is 1. The zero-order chi connectivity index (χ0) is 15.5. The van der Waals surface area contributed by atoms with Gasteiger partial charge in [0.2, 0.25) is 0 Å². The molecule has 0 radical (unpaired) electrons. The largest absolute Gasteiger partial charge is 0.497 e. The van der Waals surface area contributed by atoms with E-state index in [0.29, 0.717) is 23.3 Å². The highest BCUT2D eigenvalue weighted by atomic mass is 16.5. The summed E-state index contributed by atoms with van der Waals surface area (Å²) in [7, 11) is 1.60. The number of hydrogen-bond donors (Lipinski definition) is 3. The summed E-state index contributed by atoms with van der Waals surface area (Å²) >= 11 is 0. The Balaban J connectivity index is 1.70. The van der Waals surface area contributed by atoms with Crippen LogP contribution in [0.4, 0.5) is 0 Å². The Morgan fingerprint density at radius 3 is 2.77 bits per heavy atom. The first-order valence-corrected chi connectivity index (χ1v) is 6.65. The van der Waals surface area contributed by atoms with Crippen molar-refractivity contribution in [1.29, 1.82) is 0 Å². The molecular weight excluding hydrogens is 284 g/mol. The SMILES string of the molecule is COc1ccc(CNC(=O)c2cnc3[nH]c(=O)[nH]c3c2)cc1. The van der Waals surface area contributed by atoms with E-state index in [-0.39, 0.29) is 11.6 Å². The first kappa shape index (κ1) is 13.9. The second kappa shape index (κ2) is 5.72. The van der Waals surface area contributed by atoms with Crippen LogP contribution in [0, 0.1) is 0 Å². The van der Waals surface area contributed by atoms with Crippen molar-refractivity contribution in [3.05, 3.63) is 58.1 Å². The molecule has 0 spiro atoms. The summed E-state index contributed by atoms with van der Waals surface area (Å²) in [5, 5.41) is 2.80. The lowest BCUT2D eigenvalue weighted by Gasteiger charge is -2.06. The summed E-state index contributed by atoms with van der Waals surface area (Å²) in [6.45, 7) is 0.393. The van der Waals surface area contributed by atoms with Gasteiger partial charge in [-0.3, -0.25) is 9.78 Å². The van der Waals surface area contributed by atoms with Crippen LogP contribution in [0.3, 0.4) is 0 Å². The molecule has 0 fully saturated rings. The lowest BCUT2D eigenvalue weighted by atomic mass is 10.2. The van der Waals surface area contributed by atoms with Crippen LogP contribution in [-0.2, 0) is 6.54 Å². The van der Waals surface area contributed by atoms with Crippen molar-refractivity contribution in [1.82, 2.24) is 20.3 Å². The molecule has 3 N–H and O–H groups in total. The smallest absolute Gasteiger partial charge is 0.325 e. The number of rotatable bonds is 4. The molecule has 0 saturated carbocycles. The van der Waals surface area contributed by atoms with Crippen molar-refractivity contribution in [3.8, 4) is 5.75 Å². The van der Waals surface area contributed by atoms with Crippen molar-refractivity contribution < 1.29 is 9.53 Å². The molecule has 22 heavy (non-hydrogen) atoms. The Kier molecular flexibility index (Phi) is 3.61. The van der Waals surface area contributed by atoms with Crippen LogP contribution in [0.2, 0.25) is 0 Å². The zero-order valence-electron chi connectivity index (χ0n) is 11.8. The number of hydrogen-bond acceptors (Lipinski definition) is 4. The average molecular weight is 298 g/mol. The van der Waals surface area contributed by atoms with E-state index in [2.05, 4.69) is 20.3 Å². The third-order valence-corrected chi connectivity index (χ3v) is 3.24. The van der Waals surface area contributed by atoms with E-state index in [1.807, 2.05) is 24.3 Å². The second-order valence-corrected chi connectivity index (χ2v) is 4.73. The minimum absolute atomic E-state index is 0.257. The zero-order valence-corrected chi connectivity index (χ0v) is 11.8. The molecule has 3 rings (SSSR count). The van der Waals surface area contributed by atoms with Crippen molar-refractivity contribution in [2.45, 2.75) is 6.54 Å². The summed E-state index contributed by atoms with van der Waals surface area (Å²) in [6.07, 6.45) is 1.43. The molecule has 7 heteroatoms. The molecule has 1 amide bonds. The van der Waals surface area contributed by atoms with E-state index in [1.54, 1.807) is 13.2 Å².